The van der Waals surface area contributed by atoms with E-state index < -0.39 is 0 Å². The van der Waals surface area contributed by atoms with Crippen LogP contribution >= 0.6 is 11.3 Å². The lowest BCUT2D eigenvalue weighted by atomic mass is 10.1. The van der Waals surface area contributed by atoms with Crippen molar-refractivity contribution in [3.8, 4) is 5.75 Å². The first-order valence-corrected chi connectivity index (χ1v) is 5.56. The van der Waals surface area contributed by atoms with Crippen molar-refractivity contribution >= 4 is 16.3 Å². The van der Waals surface area contributed by atoms with Crippen LogP contribution in [0.4, 0.5) is 0 Å². The van der Waals surface area contributed by atoms with Gasteiger partial charge < -0.3 is 5.11 Å². The SMILES string of the molecule is Oc1ccc(Cc2nn3cnnc3s2)cc1. The van der Waals surface area contributed by atoms with Crippen LogP contribution in [-0.2, 0) is 6.42 Å². The summed E-state index contributed by atoms with van der Waals surface area (Å²) in [5.41, 5.74) is 1.11. The second-order valence-corrected chi connectivity index (χ2v) is 4.44. The Kier molecular flexibility index (Phi) is 2.07. The Labute approximate surface area is 95.0 Å². The fraction of sp³-hybridized carbons (Fsp3) is 0.100. The fourth-order valence-corrected chi connectivity index (χ4v) is 2.31. The fourth-order valence-electron chi connectivity index (χ4n) is 1.46. The Bertz CT molecular complexity index is 585. The molecule has 0 bridgehead atoms. The first-order chi connectivity index (χ1) is 7.81. The number of hydrogen-bond donors (Lipinski definition) is 1. The van der Waals surface area contributed by atoms with Gasteiger partial charge in [0.25, 0.3) is 0 Å². The molecule has 6 heteroatoms. The van der Waals surface area contributed by atoms with E-state index in [2.05, 4.69) is 15.3 Å². The molecule has 0 spiro atoms. The third-order valence-electron chi connectivity index (χ3n) is 2.22. The van der Waals surface area contributed by atoms with E-state index in [1.165, 1.54) is 11.3 Å². The van der Waals surface area contributed by atoms with Gasteiger partial charge in [0.15, 0.2) is 0 Å². The molecular formula is C10H8N4OS. The summed E-state index contributed by atoms with van der Waals surface area (Å²) in [6, 6.07) is 7.13. The number of aromatic hydroxyl groups is 1. The van der Waals surface area contributed by atoms with Crippen LogP contribution < -0.4 is 0 Å². The van der Waals surface area contributed by atoms with Crippen LogP contribution in [0.25, 0.3) is 4.96 Å². The molecule has 0 aliphatic rings. The molecule has 1 N–H and O–H groups in total. The minimum Gasteiger partial charge on any atom is -0.508 e. The molecule has 3 aromatic rings. The Morgan fingerprint density at radius 1 is 1.25 bits per heavy atom. The maximum Gasteiger partial charge on any atom is 0.234 e. The molecule has 0 radical (unpaired) electrons. The molecule has 16 heavy (non-hydrogen) atoms. The quantitative estimate of drug-likeness (QED) is 0.727. The van der Waals surface area contributed by atoms with Crippen molar-refractivity contribution < 1.29 is 5.11 Å². The highest BCUT2D eigenvalue weighted by Gasteiger charge is 2.05. The van der Waals surface area contributed by atoms with Crippen LogP contribution in [0.3, 0.4) is 0 Å². The van der Waals surface area contributed by atoms with Gasteiger partial charge >= 0.3 is 0 Å². The summed E-state index contributed by atoms with van der Waals surface area (Å²) < 4.78 is 1.67. The average Bonchev–Trinajstić information content (AvgIpc) is 2.81. The number of nitrogens with zero attached hydrogens (tertiary/aromatic N) is 4. The Balaban J connectivity index is 1.89. The highest BCUT2D eigenvalue weighted by atomic mass is 32.1. The molecule has 0 atom stereocenters. The third-order valence-corrected chi connectivity index (χ3v) is 3.13. The van der Waals surface area contributed by atoms with Gasteiger partial charge in [0.1, 0.15) is 17.1 Å². The maximum absolute atomic E-state index is 9.17. The van der Waals surface area contributed by atoms with Crippen molar-refractivity contribution in [3.63, 3.8) is 0 Å². The van der Waals surface area contributed by atoms with Crippen LogP contribution in [0.5, 0.6) is 5.75 Å². The van der Waals surface area contributed by atoms with Crippen molar-refractivity contribution in [1.29, 1.82) is 0 Å². The predicted octanol–water partition coefficient (Wildman–Crippen LogP) is 1.48. The molecule has 0 fully saturated rings. The topological polar surface area (TPSA) is 63.3 Å². The first-order valence-electron chi connectivity index (χ1n) is 4.75. The van der Waals surface area contributed by atoms with E-state index in [9.17, 15) is 0 Å². The van der Waals surface area contributed by atoms with Crippen molar-refractivity contribution in [1.82, 2.24) is 19.8 Å². The number of aromatic nitrogens is 4. The van der Waals surface area contributed by atoms with Gasteiger partial charge in [-0.15, -0.1) is 10.2 Å². The van der Waals surface area contributed by atoms with Gasteiger partial charge in [-0.1, -0.05) is 23.5 Å². The van der Waals surface area contributed by atoms with E-state index in [1.54, 1.807) is 23.0 Å². The summed E-state index contributed by atoms with van der Waals surface area (Å²) in [4.78, 5) is 0.800. The average molecular weight is 232 g/mol. The normalized spacial score (nSPS) is 11.0. The second-order valence-electron chi connectivity index (χ2n) is 3.40. The molecule has 0 aliphatic carbocycles. The Morgan fingerprint density at radius 3 is 2.81 bits per heavy atom. The minimum atomic E-state index is 0.280. The highest BCUT2D eigenvalue weighted by Crippen LogP contribution is 2.17. The lowest BCUT2D eigenvalue weighted by molar-refractivity contribution is 0.475. The molecule has 0 unspecified atom stereocenters. The highest BCUT2D eigenvalue weighted by molar-refractivity contribution is 7.16. The summed E-state index contributed by atoms with van der Waals surface area (Å²) >= 11 is 1.52. The van der Waals surface area contributed by atoms with Crippen molar-refractivity contribution in [2.75, 3.05) is 0 Å². The summed E-state index contributed by atoms with van der Waals surface area (Å²) in [6.07, 6.45) is 2.33. The lowest BCUT2D eigenvalue weighted by Gasteiger charge is -1.97. The van der Waals surface area contributed by atoms with Gasteiger partial charge in [-0.3, -0.25) is 0 Å². The molecule has 0 saturated carbocycles. The van der Waals surface area contributed by atoms with E-state index in [1.807, 2.05) is 12.1 Å². The summed E-state index contributed by atoms with van der Waals surface area (Å²) in [6.45, 7) is 0. The summed E-state index contributed by atoms with van der Waals surface area (Å²) in [7, 11) is 0. The van der Waals surface area contributed by atoms with Gasteiger partial charge in [0, 0.05) is 6.42 Å². The lowest BCUT2D eigenvalue weighted by Crippen LogP contribution is -1.89. The molecule has 3 rings (SSSR count). The molecule has 1 aromatic carbocycles. The molecule has 80 valence electrons. The van der Waals surface area contributed by atoms with Crippen molar-refractivity contribution in [2.24, 2.45) is 0 Å². The van der Waals surface area contributed by atoms with E-state index in [4.69, 9.17) is 5.11 Å². The van der Waals surface area contributed by atoms with Crippen LogP contribution in [0.15, 0.2) is 30.6 Å². The smallest absolute Gasteiger partial charge is 0.234 e. The van der Waals surface area contributed by atoms with E-state index in [-0.39, 0.29) is 5.75 Å². The minimum absolute atomic E-state index is 0.280. The van der Waals surface area contributed by atoms with Crippen LogP contribution in [0.1, 0.15) is 10.6 Å². The molecule has 2 heterocycles. The zero-order chi connectivity index (χ0) is 11.0. The second kappa shape index (κ2) is 3.57. The standard InChI is InChI=1S/C10H8N4OS/c15-8-3-1-7(2-4-8)5-9-13-14-6-11-12-10(14)16-9/h1-4,6,15H,5H2. The monoisotopic (exact) mass is 232 g/mol. The van der Waals surface area contributed by atoms with E-state index in [0.29, 0.717) is 0 Å². The van der Waals surface area contributed by atoms with Crippen LogP contribution in [-0.4, -0.2) is 24.9 Å². The van der Waals surface area contributed by atoms with E-state index in [0.717, 1.165) is 22.0 Å². The Morgan fingerprint density at radius 2 is 2.06 bits per heavy atom. The number of benzene rings is 1. The first kappa shape index (κ1) is 9.29. The number of hydrogen-bond acceptors (Lipinski definition) is 5. The maximum atomic E-state index is 9.17. The van der Waals surface area contributed by atoms with Gasteiger partial charge in [0.05, 0.1) is 0 Å². The predicted molar refractivity (Wildman–Crippen MR) is 59.6 cm³/mol. The molecular weight excluding hydrogens is 224 g/mol. The molecule has 0 amide bonds. The summed E-state index contributed by atoms with van der Waals surface area (Å²) in [5.74, 6) is 0.280. The number of fused-ring (bicyclic) bond motifs is 1. The third kappa shape index (κ3) is 1.63. The number of rotatable bonds is 2. The molecule has 0 aliphatic heterocycles. The van der Waals surface area contributed by atoms with Gasteiger partial charge in [-0.25, -0.2) is 0 Å². The number of phenolic OH excluding ortho intramolecular Hbond substituents is 1. The van der Waals surface area contributed by atoms with Crippen molar-refractivity contribution in [3.05, 3.63) is 41.2 Å². The van der Waals surface area contributed by atoms with Gasteiger partial charge in [-0.2, -0.15) is 9.61 Å². The van der Waals surface area contributed by atoms with Crippen LogP contribution in [0.2, 0.25) is 0 Å². The number of phenols is 1. The van der Waals surface area contributed by atoms with Gasteiger partial charge in [0.2, 0.25) is 4.96 Å². The van der Waals surface area contributed by atoms with Gasteiger partial charge in [-0.05, 0) is 17.7 Å². The van der Waals surface area contributed by atoms with E-state index >= 15 is 0 Å². The molecule has 2 aromatic heterocycles. The van der Waals surface area contributed by atoms with Crippen molar-refractivity contribution in [2.45, 2.75) is 6.42 Å². The largest absolute Gasteiger partial charge is 0.508 e. The Hall–Kier alpha value is -1.95. The molecule has 0 saturated heterocycles. The zero-order valence-electron chi connectivity index (χ0n) is 8.24. The summed E-state index contributed by atoms with van der Waals surface area (Å²) in [5, 5.41) is 22.2. The molecule has 5 nitrogen and oxygen atoms in total. The zero-order valence-corrected chi connectivity index (χ0v) is 9.05. The van der Waals surface area contributed by atoms with Crippen LogP contribution in [0, 0.1) is 0 Å².